The van der Waals surface area contributed by atoms with Crippen molar-refractivity contribution in [3.63, 3.8) is 0 Å². The van der Waals surface area contributed by atoms with Crippen LogP contribution in [-0.2, 0) is 9.53 Å². The normalized spacial score (nSPS) is 10.9. The maximum atomic E-state index is 11.2. The molecule has 3 heteroatoms. The van der Waals surface area contributed by atoms with E-state index in [1.807, 2.05) is 30.3 Å². The SMILES string of the molecule is CCOC(=O)C=Cc1ccc2cccnc2c1. The van der Waals surface area contributed by atoms with Gasteiger partial charge in [0.2, 0.25) is 0 Å². The molecule has 0 aliphatic rings. The number of carbonyl (C=O) groups is 1. The molecular formula is C14H13NO2. The van der Waals surface area contributed by atoms with Crippen molar-refractivity contribution in [2.45, 2.75) is 6.92 Å². The van der Waals surface area contributed by atoms with Crippen molar-refractivity contribution in [2.24, 2.45) is 0 Å². The van der Waals surface area contributed by atoms with Gasteiger partial charge in [0.1, 0.15) is 0 Å². The largest absolute Gasteiger partial charge is 0.463 e. The third-order valence-corrected chi connectivity index (χ3v) is 2.33. The summed E-state index contributed by atoms with van der Waals surface area (Å²) in [7, 11) is 0. The van der Waals surface area contributed by atoms with Gasteiger partial charge in [-0.1, -0.05) is 18.2 Å². The Hall–Kier alpha value is -2.16. The first-order valence-corrected chi connectivity index (χ1v) is 5.49. The van der Waals surface area contributed by atoms with Gasteiger partial charge in [-0.15, -0.1) is 0 Å². The second-order valence-corrected chi connectivity index (χ2v) is 3.54. The van der Waals surface area contributed by atoms with Crippen LogP contribution in [-0.4, -0.2) is 17.6 Å². The minimum absolute atomic E-state index is 0.325. The molecule has 0 bridgehead atoms. The van der Waals surface area contributed by atoms with E-state index in [2.05, 4.69) is 4.98 Å². The minimum atomic E-state index is -0.325. The van der Waals surface area contributed by atoms with Crippen molar-refractivity contribution < 1.29 is 9.53 Å². The topological polar surface area (TPSA) is 39.2 Å². The van der Waals surface area contributed by atoms with Gasteiger partial charge in [-0.05, 0) is 30.7 Å². The van der Waals surface area contributed by atoms with Crippen molar-refractivity contribution in [1.82, 2.24) is 4.98 Å². The third-order valence-electron chi connectivity index (χ3n) is 2.33. The highest BCUT2D eigenvalue weighted by Gasteiger charge is 1.96. The molecule has 2 rings (SSSR count). The van der Waals surface area contributed by atoms with Crippen molar-refractivity contribution in [3.05, 3.63) is 48.2 Å². The molecule has 0 radical (unpaired) electrons. The Morgan fingerprint density at radius 1 is 1.41 bits per heavy atom. The van der Waals surface area contributed by atoms with Gasteiger partial charge in [-0.2, -0.15) is 0 Å². The fourth-order valence-electron chi connectivity index (χ4n) is 1.54. The molecule has 0 spiro atoms. The maximum absolute atomic E-state index is 11.2. The Balaban J connectivity index is 2.22. The van der Waals surface area contributed by atoms with Crippen LogP contribution in [0.1, 0.15) is 12.5 Å². The molecule has 86 valence electrons. The number of benzene rings is 1. The fraction of sp³-hybridized carbons (Fsp3) is 0.143. The van der Waals surface area contributed by atoms with Gasteiger partial charge in [-0.25, -0.2) is 4.79 Å². The second kappa shape index (κ2) is 5.25. The van der Waals surface area contributed by atoms with Gasteiger partial charge in [-0.3, -0.25) is 4.98 Å². The number of hydrogen-bond acceptors (Lipinski definition) is 3. The van der Waals surface area contributed by atoms with Crippen molar-refractivity contribution in [1.29, 1.82) is 0 Å². The van der Waals surface area contributed by atoms with E-state index in [0.717, 1.165) is 16.5 Å². The van der Waals surface area contributed by atoms with Crippen LogP contribution in [0.2, 0.25) is 0 Å². The first-order valence-electron chi connectivity index (χ1n) is 5.49. The van der Waals surface area contributed by atoms with Gasteiger partial charge in [0.15, 0.2) is 0 Å². The second-order valence-electron chi connectivity index (χ2n) is 3.54. The summed E-state index contributed by atoms with van der Waals surface area (Å²) in [5.74, 6) is -0.325. The lowest BCUT2D eigenvalue weighted by Gasteiger charge is -1.98. The maximum Gasteiger partial charge on any atom is 0.330 e. The minimum Gasteiger partial charge on any atom is -0.463 e. The van der Waals surface area contributed by atoms with E-state index >= 15 is 0 Å². The highest BCUT2D eigenvalue weighted by atomic mass is 16.5. The Bertz CT molecular complexity index is 561. The summed E-state index contributed by atoms with van der Waals surface area (Å²) in [6, 6.07) is 9.76. The molecule has 0 saturated carbocycles. The summed E-state index contributed by atoms with van der Waals surface area (Å²) < 4.78 is 4.81. The standard InChI is InChI=1S/C14H13NO2/c1-2-17-14(16)8-6-11-5-7-12-4-3-9-15-13(12)10-11/h3-10H,2H2,1H3. The number of pyridine rings is 1. The van der Waals surface area contributed by atoms with Crippen molar-refractivity contribution in [2.75, 3.05) is 6.61 Å². The average molecular weight is 227 g/mol. The molecular weight excluding hydrogens is 214 g/mol. The van der Waals surface area contributed by atoms with E-state index in [0.29, 0.717) is 6.61 Å². The number of aromatic nitrogens is 1. The molecule has 0 fully saturated rings. The van der Waals surface area contributed by atoms with Gasteiger partial charge >= 0.3 is 5.97 Å². The molecule has 17 heavy (non-hydrogen) atoms. The molecule has 0 atom stereocenters. The Morgan fingerprint density at radius 3 is 3.12 bits per heavy atom. The van der Waals surface area contributed by atoms with E-state index in [1.54, 1.807) is 19.2 Å². The zero-order valence-electron chi connectivity index (χ0n) is 9.59. The van der Waals surface area contributed by atoms with Crippen LogP contribution >= 0.6 is 0 Å². The highest BCUT2D eigenvalue weighted by Crippen LogP contribution is 2.14. The highest BCUT2D eigenvalue weighted by molar-refractivity contribution is 5.88. The Labute approximate surface area is 99.7 Å². The predicted octanol–water partition coefficient (Wildman–Crippen LogP) is 2.81. The van der Waals surface area contributed by atoms with Crippen molar-refractivity contribution >= 4 is 22.9 Å². The van der Waals surface area contributed by atoms with Gasteiger partial charge in [0.05, 0.1) is 12.1 Å². The summed E-state index contributed by atoms with van der Waals surface area (Å²) in [4.78, 5) is 15.4. The van der Waals surface area contributed by atoms with E-state index in [4.69, 9.17) is 4.74 Å². The summed E-state index contributed by atoms with van der Waals surface area (Å²) >= 11 is 0. The van der Waals surface area contributed by atoms with Crippen LogP contribution in [0.15, 0.2) is 42.6 Å². The number of hydrogen-bond donors (Lipinski definition) is 0. The van der Waals surface area contributed by atoms with Gasteiger partial charge < -0.3 is 4.74 Å². The molecule has 0 saturated heterocycles. The molecule has 0 amide bonds. The van der Waals surface area contributed by atoms with E-state index in [1.165, 1.54) is 6.08 Å². The van der Waals surface area contributed by atoms with Gasteiger partial charge in [0.25, 0.3) is 0 Å². The summed E-state index contributed by atoms with van der Waals surface area (Å²) in [5, 5.41) is 1.08. The molecule has 1 heterocycles. The first kappa shape index (κ1) is 11.3. The number of nitrogens with zero attached hydrogens (tertiary/aromatic N) is 1. The molecule has 1 aromatic heterocycles. The first-order chi connectivity index (χ1) is 8.29. The van der Waals surface area contributed by atoms with Crippen LogP contribution < -0.4 is 0 Å². The van der Waals surface area contributed by atoms with Gasteiger partial charge in [0, 0.05) is 17.7 Å². The summed E-state index contributed by atoms with van der Waals surface area (Å²) in [5.41, 5.74) is 1.85. The number of carbonyl (C=O) groups excluding carboxylic acids is 1. The Morgan fingerprint density at radius 2 is 2.29 bits per heavy atom. The summed E-state index contributed by atoms with van der Waals surface area (Å²) in [6.45, 7) is 2.17. The number of esters is 1. The lowest BCUT2D eigenvalue weighted by Crippen LogP contribution is -1.98. The van der Waals surface area contributed by atoms with Crippen LogP contribution in [0.5, 0.6) is 0 Å². The van der Waals surface area contributed by atoms with Crippen molar-refractivity contribution in [3.8, 4) is 0 Å². The molecule has 1 aromatic carbocycles. The number of rotatable bonds is 3. The molecule has 2 aromatic rings. The lowest BCUT2D eigenvalue weighted by molar-refractivity contribution is -0.137. The quantitative estimate of drug-likeness (QED) is 0.598. The molecule has 0 N–H and O–H groups in total. The molecule has 3 nitrogen and oxygen atoms in total. The monoisotopic (exact) mass is 227 g/mol. The third kappa shape index (κ3) is 2.91. The lowest BCUT2D eigenvalue weighted by atomic mass is 10.1. The number of fused-ring (bicyclic) bond motifs is 1. The molecule has 0 unspecified atom stereocenters. The molecule has 0 aliphatic carbocycles. The average Bonchev–Trinajstić information content (AvgIpc) is 2.36. The van der Waals surface area contributed by atoms with Crippen LogP contribution in [0.25, 0.3) is 17.0 Å². The van der Waals surface area contributed by atoms with E-state index in [9.17, 15) is 4.79 Å². The Kier molecular flexibility index (Phi) is 3.50. The van der Waals surface area contributed by atoms with Crippen LogP contribution in [0, 0.1) is 0 Å². The zero-order chi connectivity index (χ0) is 12.1. The van der Waals surface area contributed by atoms with Crippen LogP contribution in [0.4, 0.5) is 0 Å². The predicted molar refractivity (Wildman–Crippen MR) is 67.4 cm³/mol. The number of ether oxygens (including phenoxy) is 1. The van der Waals surface area contributed by atoms with Crippen LogP contribution in [0.3, 0.4) is 0 Å². The smallest absolute Gasteiger partial charge is 0.330 e. The molecule has 0 aliphatic heterocycles. The summed E-state index contributed by atoms with van der Waals surface area (Å²) in [6.07, 6.45) is 4.90. The zero-order valence-corrected chi connectivity index (χ0v) is 9.59. The van der Waals surface area contributed by atoms with E-state index in [-0.39, 0.29) is 5.97 Å². The fourth-order valence-corrected chi connectivity index (χ4v) is 1.54. The van der Waals surface area contributed by atoms with E-state index < -0.39 is 0 Å².